The van der Waals surface area contributed by atoms with Gasteiger partial charge in [0.1, 0.15) is 5.75 Å². The lowest BCUT2D eigenvalue weighted by atomic mass is 10.0. The van der Waals surface area contributed by atoms with Crippen molar-refractivity contribution >= 4 is 0 Å². The van der Waals surface area contributed by atoms with Crippen LogP contribution in [0.1, 0.15) is 18.5 Å². The third-order valence-corrected chi connectivity index (χ3v) is 3.34. The molecular formula is C14H22N2O2. The Bertz CT molecular complexity index is 365. The van der Waals surface area contributed by atoms with E-state index in [4.69, 9.17) is 4.74 Å². The van der Waals surface area contributed by atoms with Crippen LogP contribution in [0.15, 0.2) is 24.3 Å². The summed E-state index contributed by atoms with van der Waals surface area (Å²) in [7, 11) is 0. The number of nitrogens with one attached hydrogen (secondary N) is 1. The molecule has 1 aromatic carbocycles. The van der Waals surface area contributed by atoms with Gasteiger partial charge in [-0.05, 0) is 13.0 Å². The molecule has 0 aromatic heterocycles. The highest BCUT2D eigenvalue weighted by Crippen LogP contribution is 2.29. The number of rotatable bonds is 5. The van der Waals surface area contributed by atoms with Gasteiger partial charge in [-0.15, -0.1) is 0 Å². The first-order valence-electron chi connectivity index (χ1n) is 6.64. The van der Waals surface area contributed by atoms with Crippen LogP contribution >= 0.6 is 0 Å². The summed E-state index contributed by atoms with van der Waals surface area (Å²) in [5, 5.41) is 13.0. The highest BCUT2D eigenvalue weighted by molar-refractivity contribution is 5.36. The first kappa shape index (κ1) is 13.3. The van der Waals surface area contributed by atoms with Crippen molar-refractivity contribution in [2.24, 2.45) is 0 Å². The molecule has 1 saturated heterocycles. The molecule has 0 radical (unpaired) electrons. The topological polar surface area (TPSA) is 44.7 Å². The molecule has 1 aliphatic heterocycles. The maximum Gasteiger partial charge on any atom is 0.124 e. The van der Waals surface area contributed by atoms with E-state index in [9.17, 15) is 5.11 Å². The fourth-order valence-corrected chi connectivity index (χ4v) is 2.45. The molecule has 0 spiro atoms. The second-order valence-electron chi connectivity index (χ2n) is 4.46. The van der Waals surface area contributed by atoms with Gasteiger partial charge in [0, 0.05) is 31.7 Å². The summed E-state index contributed by atoms with van der Waals surface area (Å²) in [4.78, 5) is 2.31. The molecule has 2 rings (SSSR count). The average molecular weight is 250 g/mol. The lowest BCUT2D eigenvalue weighted by Crippen LogP contribution is -2.46. The highest BCUT2D eigenvalue weighted by atomic mass is 16.5. The third-order valence-electron chi connectivity index (χ3n) is 3.34. The van der Waals surface area contributed by atoms with Crippen molar-refractivity contribution in [3.05, 3.63) is 29.8 Å². The van der Waals surface area contributed by atoms with E-state index in [0.717, 1.165) is 37.5 Å². The average Bonchev–Trinajstić information content (AvgIpc) is 2.43. The number of nitrogens with zero attached hydrogens (tertiary/aromatic N) is 1. The summed E-state index contributed by atoms with van der Waals surface area (Å²) in [6, 6.07) is 8.04. The maximum atomic E-state index is 9.71. The van der Waals surface area contributed by atoms with Gasteiger partial charge in [-0.2, -0.15) is 0 Å². The zero-order valence-electron chi connectivity index (χ0n) is 10.9. The third kappa shape index (κ3) is 3.02. The van der Waals surface area contributed by atoms with Crippen LogP contribution in [0.5, 0.6) is 5.75 Å². The lowest BCUT2D eigenvalue weighted by Gasteiger charge is -2.34. The molecule has 1 fully saturated rings. The van der Waals surface area contributed by atoms with Crippen molar-refractivity contribution < 1.29 is 9.84 Å². The summed E-state index contributed by atoms with van der Waals surface area (Å²) in [6.45, 7) is 6.65. The molecule has 1 atom stereocenters. The van der Waals surface area contributed by atoms with Crippen LogP contribution in [-0.4, -0.2) is 49.4 Å². The number of hydrogen-bond donors (Lipinski definition) is 2. The van der Waals surface area contributed by atoms with Crippen LogP contribution in [0, 0.1) is 0 Å². The predicted octanol–water partition coefficient (Wildman–Crippen LogP) is 1.02. The molecule has 100 valence electrons. The molecule has 1 unspecified atom stereocenters. The van der Waals surface area contributed by atoms with Gasteiger partial charge < -0.3 is 15.2 Å². The molecule has 18 heavy (non-hydrogen) atoms. The van der Waals surface area contributed by atoms with Crippen LogP contribution in [0.3, 0.4) is 0 Å². The predicted molar refractivity (Wildman–Crippen MR) is 71.9 cm³/mol. The molecular weight excluding hydrogens is 228 g/mol. The molecule has 0 aliphatic carbocycles. The summed E-state index contributed by atoms with van der Waals surface area (Å²) in [5.41, 5.74) is 1.09. The van der Waals surface area contributed by atoms with Crippen molar-refractivity contribution in [2.45, 2.75) is 13.0 Å². The number of aliphatic hydroxyl groups is 1. The van der Waals surface area contributed by atoms with Crippen LogP contribution in [0.25, 0.3) is 0 Å². The lowest BCUT2D eigenvalue weighted by molar-refractivity contribution is 0.108. The molecule has 0 saturated carbocycles. The molecule has 4 heteroatoms. The van der Waals surface area contributed by atoms with Crippen LogP contribution in [0.4, 0.5) is 0 Å². The fraction of sp³-hybridized carbons (Fsp3) is 0.571. The zero-order chi connectivity index (χ0) is 12.8. The SMILES string of the molecule is CCOc1ccccc1C(CO)N1CCNCC1. The standard InChI is InChI=1S/C14H22N2O2/c1-2-18-14-6-4-3-5-12(14)13(11-17)16-9-7-15-8-10-16/h3-6,13,15,17H,2,7-11H2,1H3. The molecule has 4 nitrogen and oxygen atoms in total. The van der Waals surface area contributed by atoms with E-state index in [1.807, 2.05) is 31.2 Å². The number of hydrogen-bond acceptors (Lipinski definition) is 4. The summed E-state index contributed by atoms with van der Waals surface area (Å²) >= 11 is 0. The Kier molecular flexibility index (Phi) is 4.99. The van der Waals surface area contributed by atoms with Gasteiger partial charge >= 0.3 is 0 Å². The Morgan fingerprint density at radius 3 is 2.72 bits per heavy atom. The molecule has 1 heterocycles. The Balaban J connectivity index is 2.20. The Morgan fingerprint density at radius 2 is 2.06 bits per heavy atom. The summed E-state index contributed by atoms with van der Waals surface area (Å²) in [5.74, 6) is 0.887. The van der Waals surface area contributed by atoms with Gasteiger partial charge in [-0.3, -0.25) is 4.90 Å². The Hall–Kier alpha value is -1.10. The molecule has 2 N–H and O–H groups in total. The minimum absolute atomic E-state index is 0.0369. The zero-order valence-corrected chi connectivity index (χ0v) is 10.9. The van der Waals surface area contributed by atoms with Gasteiger partial charge in [0.2, 0.25) is 0 Å². The molecule has 1 aliphatic rings. The second kappa shape index (κ2) is 6.73. The van der Waals surface area contributed by atoms with Gasteiger partial charge in [-0.25, -0.2) is 0 Å². The smallest absolute Gasteiger partial charge is 0.124 e. The minimum Gasteiger partial charge on any atom is -0.494 e. The number of benzene rings is 1. The number of piperazine rings is 1. The van der Waals surface area contributed by atoms with Crippen LogP contribution < -0.4 is 10.1 Å². The van der Waals surface area contributed by atoms with E-state index in [1.54, 1.807) is 0 Å². The number of para-hydroxylation sites is 1. The quantitative estimate of drug-likeness (QED) is 0.819. The van der Waals surface area contributed by atoms with Crippen molar-refractivity contribution in [3.8, 4) is 5.75 Å². The van der Waals surface area contributed by atoms with Crippen molar-refractivity contribution in [1.29, 1.82) is 0 Å². The van der Waals surface area contributed by atoms with E-state index >= 15 is 0 Å². The van der Waals surface area contributed by atoms with E-state index in [0.29, 0.717) is 6.61 Å². The normalized spacial score (nSPS) is 18.6. The van der Waals surface area contributed by atoms with Crippen molar-refractivity contribution in [2.75, 3.05) is 39.4 Å². The number of aliphatic hydroxyl groups excluding tert-OH is 1. The van der Waals surface area contributed by atoms with Gasteiger partial charge in [0.05, 0.1) is 19.3 Å². The van der Waals surface area contributed by atoms with Crippen molar-refractivity contribution in [3.63, 3.8) is 0 Å². The van der Waals surface area contributed by atoms with Crippen LogP contribution in [0.2, 0.25) is 0 Å². The Labute approximate surface area is 109 Å². The molecule has 0 bridgehead atoms. The maximum absolute atomic E-state index is 9.71. The Morgan fingerprint density at radius 1 is 1.33 bits per heavy atom. The van der Waals surface area contributed by atoms with Crippen LogP contribution in [-0.2, 0) is 0 Å². The first-order chi connectivity index (χ1) is 8.86. The van der Waals surface area contributed by atoms with Gasteiger partial charge in [0.25, 0.3) is 0 Å². The van der Waals surface area contributed by atoms with Gasteiger partial charge in [0.15, 0.2) is 0 Å². The van der Waals surface area contributed by atoms with E-state index < -0.39 is 0 Å². The molecule has 1 aromatic rings. The molecule has 0 amide bonds. The monoisotopic (exact) mass is 250 g/mol. The second-order valence-corrected chi connectivity index (χ2v) is 4.46. The minimum atomic E-state index is 0.0369. The van der Waals surface area contributed by atoms with Gasteiger partial charge in [-0.1, -0.05) is 18.2 Å². The highest BCUT2D eigenvalue weighted by Gasteiger charge is 2.23. The van der Waals surface area contributed by atoms with E-state index in [-0.39, 0.29) is 12.6 Å². The first-order valence-corrected chi connectivity index (χ1v) is 6.64. The summed E-state index contributed by atoms with van der Waals surface area (Å²) in [6.07, 6.45) is 0. The fourth-order valence-electron chi connectivity index (χ4n) is 2.45. The summed E-state index contributed by atoms with van der Waals surface area (Å²) < 4.78 is 5.66. The van der Waals surface area contributed by atoms with Crippen molar-refractivity contribution in [1.82, 2.24) is 10.2 Å². The van der Waals surface area contributed by atoms with E-state index in [1.165, 1.54) is 0 Å². The van der Waals surface area contributed by atoms with E-state index in [2.05, 4.69) is 10.2 Å². The number of ether oxygens (including phenoxy) is 1. The largest absolute Gasteiger partial charge is 0.494 e.